The van der Waals surface area contributed by atoms with Gasteiger partial charge in [0.1, 0.15) is 5.82 Å². The first-order chi connectivity index (χ1) is 8.56. The van der Waals surface area contributed by atoms with Gasteiger partial charge < -0.3 is 10.6 Å². The molecule has 18 heavy (non-hydrogen) atoms. The van der Waals surface area contributed by atoms with Gasteiger partial charge in [-0.05, 0) is 53.4 Å². The van der Waals surface area contributed by atoms with E-state index in [1.54, 1.807) is 13.0 Å². The van der Waals surface area contributed by atoms with Crippen molar-refractivity contribution in [2.24, 2.45) is 0 Å². The topological polar surface area (TPSA) is 41.1 Å². The summed E-state index contributed by atoms with van der Waals surface area (Å²) in [6, 6.07) is 3.03. The molecule has 0 radical (unpaired) electrons. The van der Waals surface area contributed by atoms with Crippen LogP contribution in [0.3, 0.4) is 0 Å². The maximum Gasteiger partial charge on any atom is 0.319 e. The summed E-state index contributed by atoms with van der Waals surface area (Å²) in [6.45, 7) is 1.76. The second kappa shape index (κ2) is 5.69. The van der Waals surface area contributed by atoms with Crippen molar-refractivity contribution in [1.82, 2.24) is 5.32 Å². The molecule has 0 unspecified atom stereocenters. The Labute approximate surface area is 114 Å². The number of benzene rings is 1. The lowest BCUT2D eigenvalue weighted by molar-refractivity contribution is 0.248. The van der Waals surface area contributed by atoms with Crippen molar-refractivity contribution in [1.29, 1.82) is 0 Å². The van der Waals surface area contributed by atoms with Crippen molar-refractivity contribution in [3.63, 3.8) is 0 Å². The van der Waals surface area contributed by atoms with Crippen molar-refractivity contribution >= 4 is 27.6 Å². The minimum Gasteiger partial charge on any atom is -0.335 e. The maximum atomic E-state index is 13.2. The van der Waals surface area contributed by atoms with Gasteiger partial charge in [0.2, 0.25) is 0 Å². The van der Waals surface area contributed by atoms with Crippen molar-refractivity contribution in [3.05, 3.63) is 28.0 Å². The third-order valence-electron chi connectivity index (χ3n) is 3.21. The van der Waals surface area contributed by atoms with E-state index in [9.17, 15) is 9.18 Å². The number of carbonyl (C=O) groups is 1. The lowest BCUT2D eigenvalue weighted by atomic mass is 10.2. The zero-order chi connectivity index (χ0) is 13.1. The second-order valence-corrected chi connectivity index (χ2v) is 5.52. The summed E-state index contributed by atoms with van der Waals surface area (Å²) in [6.07, 6.45) is 4.43. The second-order valence-electron chi connectivity index (χ2n) is 4.66. The molecule has 1 aliphatic rings. The quantitative estimate of drug-likeness (QED) is 0.852. The number of hydrogen-bond acceptors (Lipinski definition) is 1. The highest BCUT2D eigenvalue weighted by Gasteiger charge is 2.17. The Morgan fingerprint density at radius 3 is 2.72 bits per heavy atom. The Balaban J connectivity index is 2.00. The van der Waals surface area contributed by atoms with E-state index in [0.29, 0.717) is 15.7 Å². The molecule has 98 valence electrons. The van der Waals surface area contributed by atoms with E-state index in [4.69, 9.17) is 0 Å². The number of carbonyl (C=O) groups excluding carboxylic acids is 1. The molecular weight excluding hydrogens is 299 g/mol. The fraction of sp³-hybridized carbons (Fsp3) is 0.462. The number of nitrogens with one attached hydrogen (secondary N) is 2. The Hall–Kier alpha value is -1.10. The molecule has 0 saturated heterocycles. The van der Waals surface area contributed by atoms with Gasteiger partial charge in [-0.2, -0.15) is 0 Å². The van der Waals surface area contributed by atoms with Gasteiger partial charge in [-0.3, -0.25) is 0 Å². The van der Waals surface area contributed by atoms with Gasteiger partial charge in [0.05, 0.1) is 4.47 Å². The highest BCUT2D eigenvalue weighted by Crippen LogP contribution is 2.24. The van der Waals surface area contributed by atoms with Gasteiger partial charge in [0.15, 0.2) is 0 Å². The van der Waals surface area contributed by atoms with Crippen LogP contribution in [-0.2, 0) is 0 Å². The van der Waals surface area contributed by atoms with Crippen molar-refractivity contribution in [3.8, 4) is 0 Å². The highest BCUT2D eigenvalue weighted by atomic mass is 79.9. The van der Waals surface area contributed by atoms with Gasteiger partial charge in [-0.15, -0.1) is 0 Å². The predicted octanol–water partition coefficient (Wildman–Crippen LogP) is 3.96. The minimum absolute atomic E-state index is 0.219. The molecule has 1 aliphatic carbocycles. The molecule has 1 saturated carbocycles. The molecule has 2 amide bonds. The smallest absolute Gasteiger partial charge is 0.319 e. The summed E-state index contributed by atoms with van der Waals surface area (Å²) in [7, 11) is 0. The summed E-state index contributed by atoms with van der Waals surface area (Å²) < 4.78 is 13.6. The molecule has 1 aromatic rings. The molecule has 2 N–H and O–H groups in total. The largest absolute Gasteiger partial charge is 0.335 e. The molecule has 5 heteroatoms. The van der Waals surface area contributed by atoms with Crippen LogP contribution >= 0.6 is 15.9 Å². The van der Waals surface area contributed by atoms with Crippen LogP contribution in [0, 0.1) is 12.7 Å². The van der Waals surface area contributed by atoms with Crippen molar-refractivity contribution in [2.45, 2.75) is 38.6 Å². The number of rotatable bonds is 2. The molecule has 3 nitrogen and oxygen atoms in total. The van der Waals surface area contributed by atoms with E-state index in [1.165, 1.54) is 18.9 Å². The summed E-state index contributed by atoms with van der Waals surface area (Å²) in [5.41, 5.74) is 1.33. The van der Waals surface area contributed by atoms with Crippen molar-refractivity contribution < 1.29 is 9.18 Å². The van der Waals surface area contributed by atoms with E-state index in [2.05, 4.69) is 26.6 Å². The van der Waals surface area contributed by atoms with E-state index < -0.39 is 0 Å². The number of urea groups is 1. The molecule has 0 spiro atoms. The number of amides is 2. The molecule has 0 bridgehead atoms. The van der Waals surface area contributed by atoms with Gasteiger partial charge in [-0.25, -0.2) is 9.18 Å². The first-order valence-corrected chi connectivity index (χ1v) is 6.88. The fourth-order valence-corrected chi connectivity index (χ4v) is 2.54. The summed E-state index contributed by atoms with van der Waals surface area (Å²) in [4.78, 5) is 11.8. The molecule has 0 atom stereocenters. The predicted molar refractivity (Wildman–Crippen MR) is 73.2 cm³/mol. The Morgan fingerprint density at radius 1 is 1.39 bits per heavy atom. The Morgan fingerprint density at radius 2 is 2.06 bits per heavy atom. The average Bonchev–Trinajstić information content (AvgIpc) is 2.78. The van der Waals surface area contributed by atoms with Crippen LogP contribution in [0.4, 0.5) is 14.9 Å². The standard InChI is InChI=1S/C13H16BrFN2O/c1-8-6-11(15)10(14)7-12(8)17-13(18)16-9-4-2-3-5-9/h6-7,9H,2-5H2,1H3,(H2,16,17,18). The van der Waals surface area contributed by atoms with Crippen LogP contribution in [0.15, 0.2) is 16.6 Å². The number of anilines is 1. The van der Waals surface area contributed by atoms with E-state index >= 15 is 0 Å². The van der Waals surface area contributed by atoms with Crippen LogP contribution in [0.25, 0.3) is 0 Å². The summed E-state index contributed by atoms with van der Waals surface area (Å²) >= 11 is 3.11. The van der Waals surface area contributed by atoms with Crippen LogP contribution in [-0.4, -0.2) is 12.1 Å². The molecule has 1 aromatic carbocycles. The van der Waals surface area contributed by atoms with E-state index in [-0.39, 0.29) is 17.9 Å². The van der Waals surface area contributed by atoms with Crippen LogP contribution in [0.2, 0.25) is 0 Å². The first-order valence-electron chi connectivity index (χ1n) is 6.09. The van der Waals surface area contributed by atoms with Crippen molar-refractivity contribution in [2.75, 3.05) is 5.32 Å². The van der Waals surface area contributed by atoms with Crippen LogP contribution < -0.4 is 10.6 Å². The van der Waals surface area contributed by atoms with Gasteiger partial charge in [-0.1, -0.05) is 12.8 Å². The zero-order valence-electron chi connectivity index (χ0n) is 10.2. The lowest BCUT2D eigenvalue weighted by Crippen LogP contribution is -2.36. The minimum atomic E-state index is -0.325. The van der Waals surface area contributed by atoms with E-state index in [0.717, 1.165) is 12.8 Å². The normalized spacial score (nSPS) is 15.7. The summed E-state index contributed by atoms with van der Waals surface area (Å²) in [5, 5.41) is 5.69. The third-order valence-corrected chi connectivity index (χ3v) is 3.81. The number of hydrogen-bond donors (Lipinski definition) is 2. The fourth-order valence-electron chi connectivity index (χ4n) is 2.19. The van der Waals surface area contributed by atoms with Crippen LogP contribution in [0.1, 0.15) is 31.2 Å². The number of halogens is 2. The molecule has 0 heterocycles. The molecule has 0 aromatic heterocycles. The van der Waals surface area contributed by atoms with Gasteiger partial charge >= 0.3 is 6.03 Å². The average molecular weight is 315 g/mol. The van der Waals surface area contributed by atoms with E-state index in [1.807, 2.05) is 0 Å². The lowest BCUT2D eigenvalue weighted by Gasteiger charge is -2.14. The monoisotopic (exact) mass is 314 g/mol. The zero-order valence-corrected chi connectivity index (χ0v) is 11.8. The molecule has 2 rings (SSSR count). The highest BCUT2D eigenvalue weighted by molar-refractivity contribution is 9.10. The molecule has 0 aliphatic heterocycles. The van der Waals surface area contributed by atoms with Gasteiger partial charge in [0.25, 0.3) is 0 Å². The Bertz CT molecular complexity index is 459. The first kappa shape index (κ1) is 13.3. The molecule has 1 fully saturated rings. The maximum absolute atomic E-state index is 13.2. The Kier molecular flexibility index (Phi) is 4.22. The summed E-state index contributed by atoms with van der Waals surface area (Å²) in [5.74, 6) is -0.325. The SMILES string of the molecule is Cc1cc(F)c(Br)cc1NC(=O)NC1CCCC1. The van der Waals surface area contributed by atoms with Crippen LogP contribution in [0.5, 0.6) is 0 Å². The number of aryl methyl sites for hydroxylation is 1. The molecular formula is C13H16BrFN2O. The van der Waals surface area contributed by atoms with Gasteiger partial charge in [0, 0.05) is 11.7 Å². The third kappa shape index (κ3) is 3.22.